The van der Waals surface area contributed by atoms with Crippen molar-refractivity contribution in [2.75, 3.05) is 17.4 Å². The van der Waals surface area contributed by atoms with Gasteiger partial charge in [0.2, 0.25) is 0 Å². The maximum Gasteiger partial charge on any atom is 0.184 e. The van der Waals surface area contributed by atoms with Gasteiger partial charge in [-0.1, -0.05) is 6.92 Å². The minimum atomic E-state index is -3.22. The first-order valence-electron chi connectivity index (χ1n) is 6.49. The lowest BCUT2D eigenvalue weighted by atomic mass is 10.3. The molecule has 0 aliphatic carbocycles. The standard InChI is InChI=1S/C13H15ClF2N2O2S/c1-2-21(19,20)8-7-18-11(5-6-14)17-10-4-3-9(15)12(16)13(10)18/h3-4H,2,5-8H2,1H3. The van der Waals surface area contributed by atoms with E-state index in [9.17, 15) is 17.2 Å². The van der Waals surface area contributed by atoms with E-state index < -0.39 is 21.5 Å². The summed E-state index contributed by atoms with van der Waals surface area (Å²) >= 11 is 5.68. The molecule has 0 saturated heterocycles. The lowest BCUT2D eigenvalue weighted by molar-refractivity contribution is 0.511. The summed E-state index contributed by atoms with van der Waals surface area (Å²) in [6, 6.07) is 2.37. The molecule has 0 fully saturated rings. The summed E-state index contributed by atoms with van der Waals surface area (Å²) in [5.74, 6) is -1.44. The molecule has 2 aromatic rings. The molecule has 0 radical (unpaired) electrons. The zero-order valence-electron chi connectivity index (χ0n) is 11.4. The topological polar surface area (TPSA) is 52.0 Å². The van der Waals surface area contributed by atoms with Crippen molar-refractivity contribution in [3.05, 3.63) is 29.6 Å². The van der Waals surface area contributed by atoms with Crippen LogP contribution in [0.25, 0.3) is 11.0 Å². The summed E-state index contributed by atoms with van der Waals surface area (Å²) in [5.41, 5.74) is 0.282. The zero-order chi connectivity index (χ0) is 15.6. The molecule has 0 unspecified atom stereocenters. The fourth-order valence-electron chi connectivity index (χ4n) is 2.10. The van der Waals surface area contributed by atoms with Crippen LogP contribution in [-0.4, -0.2) is 35.4 Å². The Labute approximate surface area is 126 Å². The Bertz CT molecular complexity index is 759. The largest absolute Gasteiger partial charge is 0.324 e. The van der Waals surface area contributed by atoms with E-state index in [0.717, 1.165) is 6.07 Å². The quantitative estimate of drug-likeness (QED) is 0.762. The third-order valence-electron chi connectivity index (χ3n) is 3.26. The molecule has 0 atom stereocenters. The number of hydrogen-bond acceptors (Lipinski definition) is 3. The van der Waals surface area contributed by atoms with Crippen molar-refractivity contribution in [3.8, 4) is 0 Å². The summed E-state index contributed by atoms with van der Waals surface area (Å²) in [6.45, 7) is 1.57. The second-order valence-electron chi connectivity index (χ2n) is 4.58. The van der Waals surface area contributed by atoms with Crippen molar-refractivity contribution in [2.45, 2.75) is 19.9 Å². The fourth-order valence-corrected chi connectivity index (χ4v) is 3.01. The maximum atomic E-state index is 14.0. The Morgan fingerprint density at radius 2 is 2.05 bits per heavy atom. The van der Waals surface area contributed by atoms with E-state index in [1.807, 2.05) is 0 Å². The van der Waals surface area contributed by atoms with E-state index in [1.165, 1.54) is 10.6 Å². The van der Waals surface area contributed by atoms with Crippen LogP contribution >= 0.6 is 11.6 Å². The third kappa shape index (κ3) is 3.35. The lowest BCUT2D eigenvalue weighted by Gasteiger charge is -2.09. The van der Waals surface area contributed by atoms with Crippen molar-refractivity contribution in [2.24, 2.45) is 0 Å². The highest BCUT2D eigenvalue weighted by molar-refractivity contribution is 7.91. The lowest BCUT2D eigenvalue weighted by Crippen LogP contribution is -2.17. The molecule has 1 aromatic heterocycles. The molecule has 0 aliphatic heterocycles. The number of alkyl halides is 1. The van der Waals surface area contributed by atoms with Crippen molar-refractivity contribution in [3.63, 3.8) is 0 Å². The Kier molecular flexibility index (Phi) is 4.83. The number of sulfone groups is 1. The highest BCUT2D eigenvalue weighted by Crippen LogP contribution is 2.22. The van der Waals surface area contributed by atoms with Crippen LogP contribution in [0.3, 0.4) is 0 Å². The second-order valence-corrected chi connectivity index (χ2v) is 7.43. The molecule has 1 heterocycles. The first kappa shape index (κ1) is 16.2. The van der Waals surface area contributed by atoms with Crippen LogP contribution < -0.4 is 0 Å². The molecule has 0 aliphatic rings. The van der Waals surface area contributed by atoms with Gasteiger partial charge in [0.05, 0.1) is 11.3 Å². The summed E-state index contributed by atoms with van der Waals surface area (Å²) in [7, 11) is -3.22. The second kappa shape index (κ2) is 6.27. The molecule has 0 N–H and O–H groups in total. The summed E-state index contributed by atoms with van der Waals surface area (Å²) in [5, 5.41) is 0. The average Bonchev–Trinajstić information content (AvgIpc) is 2.80. The van der Waals surface area contributed by atoms with Gasteiger partial charge in [0.25, 0.3) is 0 Å². The van der Waals surface area contributed by atoms with E-state index in [2.05, 4.69) is 4.98 Å². The highest BCUT2D eigenvalue weighted by Gasteiger charge is 2.18. The average molecular weight is 337 g/mol. The van der Waals surface area contributed by atoms with Gasteiger partial charge in [0, 0.05) is 24.6 Å². The van der Waals surface area contributed by atoms with Crippen LogP contribution in [0.1, 0.15) is 12.7 Å². The number of aromatic nitrogens is 2. The minimum Gasteiger partial charge on any atom is -0.324 e. The predicted octanol–water partition coefficient (Wildman–Crippen LogP) is 2.53. The van der Waals surface area contributed by atoms with E-state index in [4.69, 9.17) is 11.6 Å². The van der Waals surface area contributed by atoms with Gasteiger partial charge in [-0.05, 0) is 12.1 Å². The molecule has 21 heavy (non-hydrogen) atoms. The third-order valence-corrected chi connectivity index (χ3v) is 5.14. The molecule has 0 saturated carbocycles. The Morgan fingerprint density at radius 3 is 2.67 bits per heavy atom. The number of hydrogen-bond donors (Lipinski definition) is 0. The van der Waals surface area contributed by atoms with Crippen molar-refractivity contribution < 1.29 is 17.2 Å². The van der Waals surface area contributed by atoms with Gasteiger partial charge in [-0.3, -0.25) is 0 Å². The van der Waals surface area contributed by atoms with Crippen LogP contribution in [0, 0.1) is 11.6 Å². The molecule has 8 heteroatoms. The summed E-state index contributed by atoms with van der Waals surface area (Å²) in [4.78, 5) is 4.21. The molecule has 2 rings (SSSR count). The van der Waals surface area contributed by atoms with E-state index in [1.54, 1.807) is 6.92 Å². The molecule has 1 aromatic carbocycles. The smallest absolute Gasteiger partial charge is 0.184 e. The number of halogens is 3. The molecular weight excluding hydrogens is 322 g/mol. The van der Waals surface area contributed by atoms with Crippen LogP contribution in [0.15, 0.2) is 12.1 Å². The number of imidazole rings is 1. The van der Waals surface area contributed by atoms with Gasteiger partial charge in [0.1, 0.15) is 11.3 Å². The normalized spacial score (nSPS) is 12.2. The molecule has 0 amide bonds. The predicted molar refractivity (Wildman–Crippen MR) is 78.4 cm³/mol. The summed E-state index contributed by atoms with van der Waals surface area (Å²) in [6.07, 6.45) is 0.351. The first-order chi connectivity index (χ1) is 9.89. The van der Waals surface area contributed by atoms with E-state index in [-0.39, 0.29) is 29.4 Å². The number of benzene rings is 1. The van der Waals surface area contributed by atoms with Gasteiger partial charge < -0.3 is 4.57 Å². The van der Waals surface area contributed by atoms with E-state index >= 15 is 0 Å². The van der Waals surface area contributed by atoms with Crippen molar-refractivity contribution in [1.82, 2.24) is 9.55 Å². The minimum absolute atomic E-state index is 0.00130. The Hall–Kier alpha value is -1.21. The zero-order valence-corrected chi connectivity index (χ0v) is 13.0. The van der Waals surface area contributed by atoms with Gasteiger partial charge in [-0.15, -0.1) is 11.6 Å². The van der Waals surface area contributed by atoms with Crippen LogP contribution in [-0.2, 0) is 22.8 Å². The van der Waals surface area contributed by atoms with Crippen molar-refractivity contribution in [1.29, 1.82) is 0 Å². The van der Waals surface area contributed by atoms with Gasteiger partial charge in [-0.2, -0.15) is 0 Å². The van der Waals surface area contributed by atoms with E-state index in [0.29, 0.717) is 17.8 Å². The number of nitrogens with zero attached hydrogens (tertiary/aromatic N) is 2. The first-order valence-corrected chi connectivity index (χ1v) is 8.84. The fraction of sp³-hybridized carbons (Fsp3) is 0.462. The maximum absolute atomic E-state index is 14.0. The van der Waals surface area contributed by atoms with Crippen LogP contribution in [0.4, 0.5) is 8.78 Å². The van der Waals surface area contributed by atoms with Crippen LogP contribution in [0.2, 0.25) is 0 Å². The SMILES string of the molecule is CCS(=O)(=O)CCn1c(CCCl)nc2ccc(F)c(F)c21. The number of fused-ring (bicyclic) bond motifs is 1. The van der Waals surface area contributed by atoms with Crippen molar-refractivity contribution >= 4 is 32.5 Å². The molecule has 0 bridgehead atoms. The number of aryl methyl sites for hydroxylation is 2. The van der Waals surface area contributed by atoms with Crippen LogP contribution in [0.5, 0.6) is 0 Å². The summed E-state index contributed by atoms with van der Waals surface area (Å²) < 4.78 is 52.1. The Morgan fingerprint density at radius 1 is 1.33 bits per heavy atom. The number of rotatable bonds is 6. The molecule has 0 spiro atoms. The van der Waals surface area contributed by atoms with Gasteiger partial charge in [-0.25, -0.2) is 22.2 Å². The monoisotopic (exact) mass is 336 g/mol. The molecular formula is C13H15ClF2N2O2S. The highest BCUT2D eigenvalue weighted by atomic mass is 35.5. The molecule has 116 valence electrons. The van der Waals surface area contributed by atoms with Gasteiger partial charge >= 0.3 is 0 Å². The van der Waals surface area contributed by atoms with Gasteiger partial charge in [0.15, 0.2) is 21.5 Å². The Balaban J connectivity index is 2.52. The molecule has 4 nitrogen and oxygen atoms in total.